The minimum absolute atomic E-state index is 0.0575. The van der Waals surface area contributed by atoms with Crippen molar-refractivity contribution in [1.29, 1.82) is 0 Å². The molecule has 1 aromatic carbocycles. The van der Waals surface area contributed by atoms with Gasteiger partial charge < -0.3 is 5.32 Å². The van der Waals surface area contributed by atoms with Gasteiger partial charge in [-0.25, -0.2) is 0 Å². The molecule has 0 spiro atoms. The molecule has 0 saturated heterocycles. The normalized spacial score (nSPS) is 10.5. The SMILES string of the molecule is Cc1cccc(C(=O)NC/C=C/CCl)c1. The van der Waals surface area contributed by atoms with Crippen LogP contribution in [-0.4, -0.2) is 18.3 Å². The van der Waals surface area contributed by atoms with E-state index in [1.807, 2.05) is 31.2 Å². The molecule has 2 nitrogen and oxygen atoms in total. The first-order valence-corrected chi connectivity index (χ1v) is 5.33. The second-order valence-corrected chi connectivity index (χ2v) is 3.51. The molecule has 0 aromatic heterocycles. The number of alkyl halides is 1. The van der Waals surface area contributed by atoms with Crippen LogP contribution in [0.25, 0.3) is 0 Å². The van der Waals surface area contributed by atoms with E-state index in [4.69, 9.17) is 11.6 Å². The molecule has 3 heteroatoms. The highest BCUT2D eigenvalue weighted by Gasteiger charge is 2.02. The Morgan fingerprint density at radius 3 is 2.93 bits per heavy atom. The molecule has 1 amide bonds. The summed E-state index contributed by atoms with van der Waals surface area (Å²) in [6.07, 6.45) is 3.64. The zero-order valence-electron chi connectivity index (χ0n) is 8.66. The molecule has 1 N–H and O–H groups in total. The third-order valence-corrected chi connectivity index (χ3v) is 2.09. The van der Waals surface area contributed by atoms with Crippen LogP contribution >= 0.6 is 11.6 Å². The summed E-state index contributed by atoms with van der Waals surface area (Å²) in [5.74, 6) is 0.415. The number of hydrogen-bond donors (Lipinski definition) is 1. The largest absolute Gasteiger partial charge is 0.349 e. The summed E-state index contributed by atoms with van der Waals surface area (Å²) in [5, 5.41) is 2.78. The maximum atomic E-state index is 11.6. The maximum absolute atomic E-state index is 11.6. The van der Waals surface area contributed by atoms with Gasteiger partial charge in [0, 0.05) is 18.0 Å². The first kappa shape index (κ1) is 11.8. The molecule has 0 aliphatic rings. The van der Waals surface area contributed by atoms with Crippen LogP contribution in [0.4, 0.5) is 0 Å². The van der Waals surface area contributed by atoms with Crippen LogP contribution in [0, 0.1) is 6.92 Å². The molecule has 0 aliphatic carbocycles. The van der Waals surface area contributed by atoms with Crippen molar-refractivity contribution in [3.05, 3.63) is 47.5 Å². The van der Waals surface area contributed by atoms with Gasteiger partial charge in [0.25, 0.3) is 5.91 Å². The molecule has 0 radical (unpaired) electrons. The van der Waals surface area contributed by atoms with Gasteiger partial charge in [-0.3, -0.25) is 4.79 Å². The van der Waals surface area contributed by atoms with E-state index >= 15 is 0 Å². The third kappa shape index (κ3) is 4.17. The van der Waals surface area contributed by atoms with Crippen LogP contribution in [0.15, 0.2) is 36.4 Å². The topological polar surface area (TPSA) is 29.1 Å². The standard InChI is InChI=1S/C12H14ClNO/c1-10-5-4-6-11(9-10)12(15)14-8-3-2-7-13/h2-6,9H,7-8H2,1H3,(H,14,15)/b3-2+. The molecule has 0 unspecified atom stereocenters. The number of hydrogen-bond acceptors (Lipinski definition) is 1. The number of halogens is 1. The maximum Gasteiger partial charge on any atom is 0.251 e. The van der Waals surface area contributed by atoms with Crippen molar-refractivity contribution in [2.45, 2.75) is 6.92 Å². The number of benzene rings is 1. The van der Waals surface area contributed by atoms with Crippen LogP contribution in [0.2, 0.25) is 0 Å². The fourth-order valence-corrected chi connectivity index (χ4v) is 1.31. The van der Waals surface area contributed by atoms with E-state index in [2.05, 4.69) is 5.32 Å². The highest BCUT2D eigenvalue weighted by Crippen LogP contribution is 2.03. The van der Waals surface area contributed by atoms with Crippen LogP contribution in [0.5, 0.6) is 0 Å². The first-order chi connectivity index (χ1) is 7.24. The Morgan fingerprint density at radius 1 is 1.47 bits per heavy atom. The van der Waals surface area contributed by atoms with E-state index in [0.717, 1.165) is 5.56 Å². The lowest BCUT2D eigenvalue weighted by molar-refractivity contribution is 0.0958. The van der Waals surface area contributed by atoms with Gasteiger partial charge >= 0.3 is 0 Å². The summed E-state index contributed by atoms with van der Waals surface area (Å²) in [7, 11) is 0. The number of rotatable bonds is 4. The van der Waals surface area contributed by atoms with Gasteiger partial charge in [-0.2, -0.15) is 0 Å². The molecular weight excluding hydrogens is 210 g/mol. The van der Waals surface area contributed by atoms with Gasteiger partial charge in [0.2, 0.25) is 0 Å². The lowest BCUT2D eigenvalue weighted by Gasteiger charge is -2.02. The smallest absolute Gasteiger partial charge is 0.251 e. The molecule has 0 heterocycles. The van der Waals surface area contributed by atoms with Gasteiger partial charge in [-0.1, -0.05) is 29.8 Å². The molecule has 15 heavy (non-hydrogen) atoms. The molecule has 0 aliphatic heterocycles. The quantitative estimate of drug-likeness (QED) is 0.617. The summed E-state index contributed by atoms with van der Waals surface area (Å²) in [5.41, 5.74) is 1.77. The molecule has 1 aromatic rings. The Morgan fingerprint density at radius 2 is 2.27 bits per heavy atom. The van der Waals surface area contributed by atoms with E-state index in [1.54, 1.807) is 12.1 Å². The van der Waals surface area contributed by atoms with E-state index in [-0.39, 0.29) is 5.91 Å². The lowest BCUT2D eigenvalue weighted by atomic mass is 10.1. The second kappa shape index (κ2) is 6.25. The van der Waals surface area contributed by atoms with E-state index in [0.29, 0.717) is 18.0 Å². The third-order valence-electron chi connectivity index (χ3n) is 1.92. The van der Waals surface area contributed by atoms with Crippen LogP contribution < -0.4 is 5.32 Å². The van der Waals surface area contributed by atoms with Gasteiger partial charge in [-0.05, 0) is 19.1 Å². The summed E-state index contributed by atoms with van der Waals surface area (Å²) in [6, 6.07) is 7.50. The summed E-state index contributed by atoms with van der Waals surface area (Å²) >= 11 is 5.46. The number of carbonyl (C=O) groups excluding carboxylic acids is 1. The number of aryl methyl sites for hydroxylation is 1. The molecular formula is C12H14ClNO. The second-order valence-electron chi connectivity index (χ2n) is 3.21. The Bertz CT molecular complexity index is 360. The van der Waals surface area contributed by atoms with Crippen molar-refractivity contribution >= 4 is 17.5 Å². The van der Waals surface area contributed by atoms with Crippen molar-refractivity contribution in [3.8, 4) is 0 Å². The van der Waals surface area contributed by atoms with Crippen LogP contribution in [0.3, 0.4) is 0 Å². The molecule has 0 fully saturated rings. The van der Waals surface area contributed by atoms with Crippen molar-refractivity contribution < 1.29 is 4.79 Å². The van der Waals surface area contributed by atoms with Gasteiger partial charge in [-0.15, -0.1) is 11.6 Å². The van der Waals surface area contributed by atoms with Crippen molar-refractivity contribution in [2.75, 3.05) is 12.4 Å². The Hall–Kier alpha value is -1.28. The highest BCUT2D eigenvalue weighted by atomic mass is 35.5. The Balaban J connectivity index is 2.50. The molecule has 1 rings (SSSR count). The number of allylic oxidation sites excluding steroid dienone is 1. The lowest BCUT2D eigenvalue weighted by Crippen LogP contribution is -2.23. The number of nitrogens with one attached hydrogen (secondary N) is 1. The number of amides is 1. The van der Waals surface area contributed by atoms with E-state index in [9.17, 15) is 4.79 Å². The Kier molecular flexibility index (Phi) is 4.91. The molecule has 0 atom stereocenters. The van der Waals surface area contributed by atoms with Crippen molar-refractivity contribution in [3.63, 3.8) is 0 Å². The monoisotopic (exact) mass is 223 g/mol. The highest BCUT2D eigenvalue weighted by molar-refractivity contribution is 6.18. The average molecular weight is 224 g/mol. The molecule has 0 saturated carbocycles. The zero-order chi connectivity index (χ0) is 11.1. The van der Waals surface area contributed by atoms with E-state index in [1.165, 1.54) is 0 Å². The summed E-state index contributed by atoms with van der Waals surface area (Å²) in [4.78, 5) is 11.6. The predicted octanol–water partition coefficient (Wildman–Crippen LogP) is 2.52. The minimum atomic E-state index is -0.0575. The molecule has 0 bridgehead atoms. The van der Waals surface area contributed by atoms with Crippen LogP contribution in [-0.2, 0) is 0 Å². The Labute approximate surface area is 94.9 Å². The fraction of sp³-hybridized carbons (Fsp3) is 0.250. The summed E-state index contributed by atoms with van der Waals surface area (Å²) in [6.45, 7) is 2.48. The zero-order valence-corrected chi connectivity index (χ0v) is 9.42. The first-order valence-electron chi connectivity index (χ1n) is 4.80. The van der Waals surface area contributed by atoms with Gasteiger partial charge in [0.05, 0.1) is 0 Å². The average Bonchev–Trinajstić information content (AvgIpc) is 2.24. The minimum Gasteiger partial charge on any atom is -0.349 e. The van der Waals surface area contributed by atoms with Crippen LogP contribution in [0.1, 0.15) is 15.9 Å². The molecule has 80 valence electrons. The van der Waals surface area contributed by atoms with Gasteiger partial charge in [0.15, 0.2) is 0 Å². The number of carbonyl (C=O) groups is 1. The summed E-state index contributed by atoms with van der Waals surface area (Å²) < 4.78 is 0. The van der Waals surface area contributed by atoms with E-state index < -0.39 is 0 Å². The van der Waals surface area contributed by atoms with Crippen molar-refractivity contribution in [1.82, 2.24) is 5.32 Å². The van der Waals surface area contributed by atoms with Gasteiger partial charge in [0.1, 0.15) is 0 Å². The predicted molar refractivity (Wildman–Crippen MR) is 63.4 cm³/mol. The van der Waals surface area contributed by atoms with Crippen molar-refractivity contribution in [2.24, 2.45) is 0 Å². The fourth-order valence-electron chi connectivity index (χ4n) is 1.19.